The van der Waals surface area contributed by atoms with Crippen LogP contribution in [0.3, 0.4) is 0 Å². The molecule has 7 N–H and O–H groups in total. The Labute approximate surface area is 227 Å². The molecule has 4 aromatic rings. The monoisotopic (exact) mass is 626 g/mol. The van der Waals surface area contributed by atoms with Crippen LogP contribution in [0.4, 0.5) is 22.7 Å². The smallest absolute Gasteiger partial charge is 0.155 e. The zero-order valence-electron chi connectivity index (χ0n) is 19.0. The van der Waals surface area contributed by atoms with E-state index in [1.165, 1.54) is 0 Å². The number of aromatic nitrogens is 2. The van der Waals surface area contributed by atoms with Crippen LogP contribution < -0.4 is 26.8 Å². The molecule has 0 saturated heterocycles. The molecule has 0 radical (unpaired) electrons. The van der Waals surface area contributed by atoms with Crippen LogP contribution in [-0.2, 0) is 0 Å². The SMILES string of the molecule is CNc1c(I)ccnc1Cl.CNc1c(Oc2ccc(N)cc2)ccnc1Cl.Nc1ccc(O)cc1. The van der Waals surface area contributed by atoms with Crippen molar-refractivity contribution in [2.45, 2.75) is 0 Å². The molecular weight excluding hydrogens is 602 g/mol. The van der Waals surface area contributed by atoms with Gasteiger partial charge in [-0.05, 0) is 77.2 Å². The van der Waals surface area contributed by atoms with E-state index in [2.05, 4.69) is 43.2 Å². The first-order valence-corrected chi connectivity index (χ1v) is 12.0. The van der Waals surface area contributed by atoms with Gasteiger partial charge in [-0.15, -0.1) is 0 Å². The second kappa shape index (κ2) is 14.3. The normalized spacial score (nSPS) is 9.63. The molecule has 0 unspecified atom stereocenters. The summed E-state index contributed by atoms with van der Waals surface area (Å²) in [5.74, 6) is 1.56. The van der Waals surface area contributed by atoms with Crippen LogP contribution >= 0.6 is 45.8 Å². The van der Waals surface area contributed by atoms with Crippen molar-refractivity contribution in [2.75, 3.05) is 36.2 Å². The van der Waals surface area contributed by atoms with E-state index in [4.69, 9.17) is 44.5 Å². The lowest BCUT2D eigenvalue weighted by Crippen LogP contribution is -1.96. The maximum absolute atomic E-state index is 8.70. The zero-order valence-corrected chi connectivity index (χ0v) is 22.6. The third-order valence-corrected chi connectivity index (χ3v) is 5.69. The highest BCUT2D eigenvalue weighted by Crippen LogP contribution is 2.33. The number of nitrogens with zero attached hydrogens (tertiary/aromatic N) is 2. The second-order valence-electron chi connectivity index (χ2n) is 6.70. The first kappa shape index (κ1) is 28.1. The lowest BCUT2D eigenvalue weighted by molar-refractivity contribution is 0.475. The van der Waals surface area contributed by atoms with E-state index in [0.717, 1.165) is 9.26 Å². The second-order valence-corrected chi connectivity index (χ2v) is 8.57. The number of nitrogen functional groups attached to an aromatic ring is 2. The quantitative estimate of drug-likeness (QED) is 0.0750. The van der Waals surface area contributed by atoms with E-state index in [-0.39, 0.29) is 5.75 Å². The minimum Gasteiger partial charge on any atom is -0.508 e. The van der Waals surface area contributed by atoms with Crippen molar-refractivity contribution in [1.29, 1.82) is 0 Å². The first-order valence-electron chi connectivity index (χ1n) is 10.1. The Hall–Kier alpha value is -3.15. The van der Waals surface area contributed by atoms with E-state index < -0.39 is 0 Å². The fourth-order valence-electron chi connectivity index (χ4n) is 2.51. The number of aromatic hydroxyl groups is 1. The van der Waals surface area contributed by atoms with Gasteiger partial charge >= 0.3 is 0 Å². The topological polar surface area (TPSA) is 131 Å². The van der Waals surface area contributed by atoms with Gasteiger partial charge in [0.1, 0.15) is 17.2 Å². The maximum Gasteiger partial charge on any atom is 0.155 e. The number of anilines is 4. The minimum absolute atomic E-state index is 0.249. The van der Waals surface area contributed by atoms with Gasteiger partial charge in [-0.25, -0.2) is 9.97 Å². The lowest BCUT2D eigenvalue weighted by atomic mass is 10.3. The number of hydrogen-bond acceptors (Lipinski definition) is 8. The van der Waals surface area contributed by atoms with Crippen LogP contribution in [0, 0.1) is 3.57 Å². The van der Waals surface area contributed by atoms with Crippen LogP contribution in [-0.4, -0.2) is 29.2 Å². The molecule has 0 fully saturated rings. The summed E-state index contributed by atoms with van der Waals surface area (Å²) < 4.78 is 6.78. The van der Waals surface area contributed by atoms with Gasteiger partial charge in [0.2, 0.25) is 0 Å². The summed E-state index contributed by atoms with van der Waals surface area (Å²) in [4.78, 5) is 7.88. The third-order valence-electron chi connectivity index (χ3n) is 4.22. The standard InChI is InChI=1S/C12H12ClN3O.C6H6ClIN2.C6H7NO/c1-15-11-10(6-7-16-12(11)13)17-9-4-2-8(14)3-5-9;1-9-5-4(8)2-3-10-6(5)7;7-5-1-3-6(8)4-2-5/h2-7,15H,14H2,1H3;2-3,9H,1H3;1-4,8H,7H2. The molecule has 0 aliphatic carbocycles. The molecule has 0 amide bonds. The molecule has 35 heavy (non-hydrogen) atoms. The summed E-state index contributed by atoms with van der Waals surface area (Å²) in [5.41, 5.74) is 13.8. The maximum atomic E-state index is 8.70. The number of hydrogen-bond donors (Lipinski definition) is 5. The predicted molar refractivity (Wildman–Crippen MR) is 154 cm³/mol. The van der Waals surface area contributed by atoms with Crippen LogP contribution in [0.1, 0.15) is 0 Å². The molecule has 0 aliphatic heterocycles. The number of ether oxygens (including phenoxy) is 1. The highest BCUT2D eigenvalue weighted by molar-refractivity contribution is 14.1. The Kier molecular flexibility index (Phi) is 11.5. The number of pyridine rings is 2. The van der Waals surface area contributed by atoms with Gasteiger partial charge in [-0.1, -0.05) is 23.2 Å². The molecule has 0 aliphatic rings. The number of phenols is 1. The molecule has 0 atom stereocenters. The van der Waals surface area contributed by atoms with Crippen LogP contribution in [0.5, 0.6) is 17.2 Å². The molecule has 2 aromatic heterocycles. The first-order chi connectivity index (χ1) is 16.7. The predicted octanol–water partition coefficient (Wildman–Crippen LogP) is 6.51. The average Bonchev–Trinajstić information content (AvgIpc) is 2.84. The zero-order chi connectivity index (χ0) is 25.8. The summed E-state index contributed by atoms with van der Waals surface area (Å²) in [6, 6.07) is 17.2. The van der Waals surface area contributed by atoms with Crippen molar-refractivity contribution >= 4 is 68.5 Å². The van der Waals surface area contributed by atoms with Gasteiger partial charge < -0.3 is 31.9 Å². The Morgan fingerprint density at radius 2 is 1.26 bits per heavy atom. The van der Waals surface area contributed by atoms with E-state index in [1.807, 2.05) is 13.1 Å². The number of nitrogens with one attached hydrogen (secondary N) is 2. The Bertz CT molecular complexity index is 1170. The molecule has 0 saturated carbocycles. The largest absolute Gasteiger partial charge is 0.508 e. The molecule has 2 heterocycles. The van der Waals surface area contributed by atoms with Gasteiger partial charge in [0.25, 0.3) is 0 Å². The molecular formula is C24H25Cl2IN6O2. The minimum atomic E-state index is 0.249. The number of phenolic OH excluding ortho intramolecular Hbond substituents is 1. The van der Waals surface area contributed by atoms with Crippen molar-refractivity contribution in [1.82, 2.24) is 9.97 Å². The molecule has 11 heteroatoms. The molecule has 8 nitrogen and oxygen atoms in total. The molecule has 4 rings (SSSR count). The highest BCUT2D eigenvalue weighted by atomic mass is 127. The molecule has 184 valence electrons. The average molecular weight is 627 g/mol. The van der Waals surface area contributed by atoms with Gasteiger partial charge in [0, 0.05) is 47.5 Å². The van der Waals surface area contributed by atoms with Crippen LogP contribution in [0.2, 0.25) is 10.3 Å². The summed E-state index contributed by atoms with van der Waals surface area (Å²) in [6.45, 7) is 0. The lowest BCUT2D eigenvalue weighted by Gasteiger charge is -2.11. The Morgan fingerprint density at radius 3 is 1.71 bits per heavy atom. The number of benzene rings is 2. The van der Waals surface area contributed by atoms with Gasteiger partial charge in [0.15, 0.2) is 16.1 Å². The molecule has 0 spiro atoms. The van der Waals surface area contributed by atoms with Crippen LogP contribution in [0.25, 0.3) is 0 Å². The van der Waals surface area contributed by atoms with Crippen molar-refractivity contribution in [3.63, 3.8) is 0 Å². The van der Waals surface area contributed by atoms with Crippen molar-refractivity contribution < 1.29 is 9.84 Å². The summed E-state index contributed by atoms with van der Waals surface area (Å²) in [7, 11) is 3.59. The van der Waals surface area contributed by atoms with E-state index in [0.29, 0.717) is 38.9 Å². The summed E-state index contributed by atoms with van der Waals surface area (Å²) in [6.07, 6.45) is 3.28. The number of halogens is 3. The van der Waals surface area contributed by atoms with Gasteiger partial charge in [-0.2, -0.15) is 0 Å². The fourth-order valence-corrected chi connectivity index (χ4v) is 3.85. The van der Waals surface area contributed by atoms with E-state index in [9.17, 15) is 0 Å². The van der Waals surface area contributed by atoms with Gasteiger partial charge in [0.05, 0.1) is 5.69 Å². The molecule has 0 bridgehead atoms. The van der Waals surface area contributed by atoms with Crippen molar-refractivity contribution in [3.8, 4) is 17.2 Å². The number of rotatable bonds is 4. The number of nitrogens with two attached hydrogens (primary N) is 2. The van der Waals surface area contributed by atoms with Crippen LogP contribution in [0.15, 0.2) is 73.1 Å². The van der Waals surface area contributed by atoms with Crippen molar-refractivity contribution in [3.05, 3.63) is 86.9 Å². The van der Waals surface area contributed by atoms with Gasteiger partial charge in [-0.3, -0.25) is 0 Å². The Balaban J connectivity index is 0.000000204. The summed E-state index contributed by atoms with van der Waals surface area (Å²) >= 11 is 13.9. The Morgan fingerprint density at radius 1 is 0.771 bits per heavy atom. The summed E-state index contributed by atoms with van der Waals surface area (Å²) in [5, 5.41) is 15.5. The van der Waals surface area contributed by atoms with Crippen molar-refractivity contribution in [2.24, 2.45) is 0 Å². The molecule has 2 aromatic carbocycles. The van der Waals surface area contributed by atoms with E-state index >= 15 is 0 Å². The highest BCUT2D eigenvalue weighted by Gasteiger charge is 2.08. The van der Waals surface area contributed by atoms with E-state index in [1.54, 1.807) is 74.0 Å². The fraction of sp³-hybridized carbons (Fsp3) is 0.0833. The third kappa shape index (κ3) is 9.19.